The van der Waals surface area contributed by atoms with Gasteiger partial charge in [0.1, 0.15) is 5.82 Å². The van der Waals surface area contributed by atoms with Crippen molar-refractivity contribution in [2.75, 3.05) is 25.0 Å². The minimum Gasteiger partial charge on any atom is -0.370 e. The fourth-order valence-electron chi connectivity index (χ4n) is 2.58. The van der Waals surface area contributed by atoms with E-state index in [-0.39, 0.29) is 24.8 Å². The van der Waals surface area contributed by atoms with Crippen LogP contribution in [0.5, 0.6) is 0 Å². The summed E-state index contributed by atoms with van der Waals surface area (Å²) in [5.74, 6) is 2.76. The van der Waals surface area contributed by atoms with Crippen molar-refractivity contribution in [1.29, 1.82) is 0 Å². The second-order valence-electron chi connectivity index (χ2n) is 5.29. The van der Waals surface area contributed by atoms with Crippen molar-refractivity contribution >= 4 is 30.6 Å². The van der Waals surface area contributed by atoms with Crippen LogP contribution in [0.3, 0.4) is 0 Å². The van der Waals surface area contributed by atoms with Gasteiger partial charge in [-0.2, -0.15) is 4.98 Å². The molecule has 1 aliphatic rings. The van der Waals surface area contributed by atoms with Crippen molar-refractivity contribution in [2.24, 2.45) is 11.7 Å². The Bertz CT molecular complexity index is 567. The van der Waals surface area contributed by atoms with E-state index in [2.05, 4.69) is 25.3 Å². The molecule has 0 bridgehead atoms. The van der Waals surface area contributed by atoms with Crippen molar-refractivity contribution < 1.29 is 4.52 Å². The van der Waals surface area contributed by atoms with Gasteiger partial charge in [0.15, 0.2) is 5.82 Å². The number of hydrogen-bond donors (Lipinski definition) is 2. The zero-order chi connectivity index (χ0) is 14.5. The van der Waals surface area contributed by atoms with Crippen molar-refractivity contribution in [2.45, 2.75) is 19.5 Å². The van der Waals surface area contributed by atoms with E-state index in [1.54, 1.807) is 6.20 Å². The molecule has 3 N–H and O–H groups in total. The molecule has 0 aliphatic carbocycles. The van der Waals surface area contributed by atoms with E-state index in [4.69, 9.17) is 10.3 Å². The molecule has 23 heavy (non-hydrogen) atoms. The van der Waals surface area contributed by atoms with Gasteiger partial charge in [0.2, 0.25) is 5.89 Å². The van der Waals surface area contributed by atoms with E-state index in [9.17, 15) is 0 Å². The molecular formula is C14H22Cl2N6O. The molecule has 1 saturated heterocycles. The molecule has 2 aromatic heterocycles. The lowest BCUT2D eigenvalue weighted by atomic mass is 10.1. The van der Waals surface area contributed by atoms with E-state index in [0.29, 0.717) is 24.2 Å². The highest BCUT2D eigenvalue weighted by molar-refractivity contribution is 5.85. The number of halogens is 2. The Morgan fingerprint density at radius 2 is 2.22 bits per heavy atom. The molecule has 1 fully saturated rings. The summed E-state index contributed by atoms with van der Waals surface area (Å²) in [7, 11) is 0. The molecule has 0 saturated carbocycles. The van der Waals surface area contributed by atoms with Gasteiger partial charge in [0.25, 0.3) is 0 Å². The molecule has 0 aromatic carbocycles. The first-order valence-electron chi connectivity index (χ1n) is 7.22. The third kappa shape index (κ3) is 5.62. The van der Waals surface area contributed by atoms with Crippen LogP contribution >= 0.6 is 24.8 Å². The van der Waals surface area contributed by atoms with E-state index >= 15 is 0 Å². The second-order valence-corrected chi connectivity index (χ2v) is 5.29. The molecule has 128 valence electrons. The summed E-state index contributed by atoms with van der Waals surface area (Å²) in [6.45, 7) is 4.05. The topological polar surface area (TPSA) is 93.1 Å². The lowest BCUT2D eigenvalue weighted by Gasteiger charge is -2.14. The zero-order valence-electron chi connectivity index (χ0n) is 12.7. The van der Waals surface area contributed by atoms with Crippen molar-refractivity contribution in [3.8, 4) is 0 Å². The Kier molecular flexibility index (Phi) is 8.25. The van der Waals surface area contributed by atoms with Gasteiger partial charge < -0.3 is 15.6 Å². The average Bonchev–Trinajstić information content (AvgIpc) is 3.16. The van der Waals surface area contributed by atoms with E-state index in [1.165, 1.54) is 6.42 Å². The number of likely N-dealkylation sites (tertiary alicyclic amines) is 1. The number of aromatic nitrogens is 3. The highest BCUT2D eigenvalue weighted by atomic mass is 35.5. The van der Waals surface area contributed by atoms with Gasteiger partial charge in [0, 0.05) is 19.3 Å². The van der Waals surface area contributed by atoms with E-state index in [1.807, 2.05) is 18.2 Å². The molecule has 3 rings (SSSR count). The number of rotatable bonds is 6. The van der Waals surface area contributed by atoms with Gasteiger partial charge in [-0.3, -0.25) is 4.90 Å². The smallest absolute Gasteiger partial charge is 0.240 e. The maximum atomic E-state index is 5.46. The van der Waals surface area contributed by atoms with Gasteiger partial charge >= 0.3 is 0 Å². The molecule has 9 heteroatoms. The molecule has 2 aromatic rings. The molecule has 1 unspecified atom stereocenters. The summed E-state index contributed by atoms with van der Waals surface area (Å²) in [5.41, 5.74) is 5.46. The zero-order valence-corrected chi connectivity index (χ0v) is 14.4. The number of nitrogens with two attached hydrogens (primary N) is 1. The summed E-state index contributed by atoms with van der Waals surface area (Å²) < 4.78 is 5.02. The first-order valence-corrected chi connectivity index (χ1v) is 7.22. The van der Waals surface area contributed by atoms with Crippen LogP contribution in [-0.2, 0) is 13.1 Å². The van der Waals surface area contributed by atoms with Crippen LogP contribution in [0.4, 0.5) is 5.82 Å². The number of hydrogen-bond acceptors (Lipinski definition) is 7. The van der Waals surface area contributed by atoms with Crippen molar-refractivity contribution in [1.82, 2.24) is 20.0 Å². The molecule has 0 spiro atoms. The molecule has 1 atom stereocenters. The molecule has 0 radical (unpaired) electrons. The van der Waals surface area contributed by atoms with Gasteiger partial charge in [-0.25, -0.2) is 4.98 Å². The Labute approximate surface area is 147 Å². The third-order valence-corrected chi connectivity index (χ3v) is 3.66. The Hall–Kier alpha value is -1.41. The maximum absolute atomic E-state index is 5.46. The lowest BCUT2D eigenvalue weighted by Crippen LogP contribution is -2.23. The van der Waals surface area contributed by atoms with Crippen LogP contribution in [0.1, 0.15) is 18.1 Å². The highest BCUT2D eigenvalue weighted by Crippen LogP contribution is 2.18. The molecule has 0 amide bonds. The largest absolute Gasteiger partial charge is 0.370 e. The number of anilines is 1. The predicted octanol–water partition coefficient (Wildman–Crippen LogP) is 1.70. The third-order valence-electron chi connectivity index (χ3n) is 3.66. The normalized spacial score (nSPS) is 17.3. The van der Waals surface area contributed by atoms with E-state index < -0.39 is 0 Å². The second kappa shape index (κ2) is 9.67. The van der Waals surface area contributed by atoms with Crippen LogP contribution in [0, 0.1) is 5.92 Å². The van der Waals surface area contributed by atoms with Crippen LogP contribution in [-0.4, -0.2) is 39.7 Å². The summed E-state index contributed by atoms with van der Waals surface area (Å²) in [6, 6.07) is 5.89. The summed E-state index contributed by atoms with van der Waals surface area (Å²) in [5, 5.41) is 7.32. The first-order chi connectivity index (χ1) is 10.3. The van der Waals surface area contributed by atoms with Crippen LogP contribution < -0.4 is 11.1 Å². The predicted molar refractivity (Wildman–Crippen MR) is 92.8 cm³/mol. The van der Waals surface area contributed by atoms with E-state index in [0.717, 1.165) is 32.0 Å². The summed E-state index contributed by atoms with van der Waals surface area (Å²) >= 11 is 0. The van der Waals surface area contributed by atoms with Crippen LogP contribution in [0.15, 0.2) is 28.9 Å². The van der Waals surface area contributed by atoms with Crippen LogP contribution in [0.2, 0.25) is 0 Å². The maximum Gasteiger partial charge on any atom is 0.240 e. The molecular weight excluding hydrogens is 339 g/mol. The molecule has 3 heterocycles. The summed E-state index contributed by atoms with van der Waals surface area (Å²) in [4.78, 5) is 10.9. The number of nitrogens with one attached hydrogen (secondary N) is 1. The van der Waals surface area contributed by atoms with Gasteiger partial charge in [-0.05, 0) is 31.0 Å². The fraction of sp³-hybridized carbons (Fsp3) is 0.500. The lowest BCUT2D eigenvalue weighted by molar-refractivity contribution is 0.300. The molecule has 1 aliphatic heterocycles. The average molecular weight is 361 g/mol. The van der Waals surface area contributed by atoms with Gasteiger partial charge in [0.05, 0.1) is 13.1 Å². The minimum absolute atomic E-state index is 0. The highest BCUT2D eigenvalue weighted by Gasteiger charge is 2.23. The number of nitrogens with zero attached hydrogens (tertiary/aromatic N) is 4. The van der Waals surface area contributed by atoms with Crippen molar-refractivity contribution in [3.05, 3.63) is 36.1 Å². The first kappa shape index (κ1) is 19.6. The number of pyridine rings is 1. The standard InChI is InChI=1S/C14H20N6O.2ClH/c15-7-14-18-13(19-21-14)10-20-6-4-11(9-20)8-17-12-3-1-2-5-16-12;;/h1-3,5,11H,4,6-10,15H2,(H,16,17);2*1H. The minimum atomic E-state index is 0. The van der Waals surface area contributed by atoms with Gasteiger partial charge in [-0.15, -0.1) is 24.8 Å². The monoisotopic (exact) mass is 360 g/mol. The van der Waals surface area contributed by atoms with Gasteiger partial charge in [-0.1, -0.05) is 11.2 Å². The molecule has 7 nitrogen and oxygen atoms in total. The van der Waals surface area contributed by atoms with Crippen molar-refractivity contribution in [3.63, 3.8) is 0 Å². The Morgan fingerprint density at radius 3 is 2.91 bits per heavy atom. The SMILES string of the molecule is Cl.Cl.NCc1nc(CN2CCC(CNc3ccccn3)C2)no1. The summed E-state index contributed by atoms with van der Waals surface area (Å²) in [6.07, 6.45) is 2.97. The van der Waals surface area contributed by atoms with Crippen LogP contribution in [0.25, 0.3) is 0 Å². The Morgan fingerprint density at radius 1 is 1.35 bits per heavy atom. The Balaban J connectivity index is 0.00000132. The quantitative estimate of drug-likeness (QED) is 0.809. The fourth-order valence-corrected chi connectivity index (χ4v) is 2.58.